The number of carbonyl (C=O) groups excluding carboxylic acids is 1. The number of hydrogen-bond acceptors (Lipinski definition) is 2. The number of likely N-dealkylation sites (tertiary alicyclic amines) is 1. The maximum Gasteiger partial charge on any atom is 0.393 e. The van der Waals surface area contributed by atoms with Crippen molar-refractivity contribution in [1.29, 1.82) is 0 Å². The third-order valence-corrected chi connectivity index (χ3v) is 4.41. The lowest BCUT2D eigenvalue weighted by Crippen LogP contribution is -2.53. The first kappa shape index (κ1) is 16.4. The van der Waals surface area contributed by atoms with E-state index in [2.05, 4.69) is 5.32 Å². The zero-order valence-corrected chi connectivity index (χ0v) is 12.4. The number of nitrogens with zero attached hydrogens (tertiary/aromatic N) is 1. The molecule has 0 aromatic carbocycles. The summed E-state index contributed by atoms with van der Waals surface area (Å²) in [6.07, 6.45) is -1.76. The van der Waals surface area contributed by atoms with Crippen LogP contribution in [0.2, 0.25) is 0 Å². The first-order chi connectivity index (χ1) is 9.77. The minimum absolute atomic E-state index is 0.0255. The molecule has 7 heteroatoms. The maximum atomic E-state index is 12.8. The first-order valence-corrected chi connectivity index (χ1v) is 7.54. The molecule has 122 valence electrons. The summed E-state index contributed by atoms with van der Waals surface area (Å²) in [5.41, 5.74) is 0. The molecular formula is C14H23F3N2O2. The Morgan fingerprint density at radius 1 is 1.24 bits per heavy atom. The summed E-state index contributed by atoms with van der Waals surface area (Å²) >= 11 is 0. The molecule has 1 N–H and O–H groups in total. The lowest BCUT2D eigenvalue weighted by molar-refractivity contribution is -0.186. The van der Waals surface area contributed by atoms with E-state index in [9.17, 15) is 18.0 Å². The summed E-state index contributed by atoms with van der Waals surface area (Å²) in [6.45, 7) is 3.88. The lowest BCUT2D eigenvalue weighted by atomic mass is 9.93. The predicted octanol–water partition coefficient (Wildman–Crippen LogP) is 2.93. The van der Waals surface area contributed by atoms with Crippen molar-refractivity contribution >= 4 is 6.03 Å². The van der Waals surface area contributed by atoms with E-state index in [1.165, 1.54) is 4.90 Å². The van der Waals surface area contributed by atoms with E-state index in [1.807, 2.05) is 6.92 Å². The maximum absolute atomic E-state index is 12.8. The summed E-state index contributed by atoms with van der Waals surface area (Å²) in [5, 5.41) is 2.71. The summed E-state index contributed by atoms with van der Waals surface area (Å²) in [7, 11) is 0. The van der Waals surface area contributed by atoms with E-state index in [-0.39, 0.29) is 31.2 Å². The van der Waals surface area contributed by atoms with Gasteiger partial charge in [-0.2, -0.15) is 13.2 Å². The molecule has 4 unspecified atom stereocenters. The average Bonchev–Trinajstić information content (AvgIpc) is 2.81. The Kier molecular flexibility index (Phi) is 5.01. The van der Waals surface area contributed by atoms with Crippen LogP contribution in [-0.4, -0.2) is 48.4 Å². The number of alkyl halides is 3. The first-order valence-electron chi connectivity index (χ1n) is 7.54. The van der Waals surface area contributed by atoms with Crippen LogP contribution in [0.15, 0.2) is 0 Å². The normalized spacial score (nSPS) is 34.0. The van der Waals surface area contributed by atoms with Gasteiger partial charge < -0.3 is 15.0 Å². The fourth-order valence-corrected chi connectivity index (χ4v) is 3.00. The molecule has 0 spiro atoms. The van der Waals surface area contributed by atoms with Gasteiger partial charge in [0.05, 0.1) is 18.1 Å². The number of halogens is 3. The molecule has 0 saturated carbocycles. The average molecular weight is 308 g/mol. The third-order valence-electron chi connectivity index (χ3n) is 4.41. The second kappa shape index (κ2) is 6.42. The molecule has 2 saturated heterocycles. The molecule has 2 rings (SSSR count). The topological polar surface area (TPSA) is 41.6 Å². The van der Waals surface area contributed by atoms with Crippen LogP contribution in [0.3, 0.4) is 0 Å². The highest BCUT2D eigenvalue weighted by Gasteiger charge is 2.44. The molecule has 4 nitrogen and oxygen atoms in total. The number of ether oxygens (including phenoxy) is 1. The Morgan fingerprint density at radius 3 is 2.52 bits per heavy atom. The van der Waals surface area contributed by atoms with E-state index < -0.39 is 18.1 Å². The zero-order valence-electron chi connectivity index (χ0n) is 12.4. The lowest BCUT2D eigenvalue weighted by Gasteiger charge is -2.38. The number of amides is 2. The Bertz CT molecular complexity index is 376. The van der Waals surface area contributed by atoms with Crippen LogP contribution in [0.4, 0.5) is 18.0 Å². The molecule has 0 aromatic rings. The Morgan fingerprint density at radius 2 is 1.95 bits per heavy atom. The van der Waals surface area contributed by atoms with Gasteiger partial charge in [-0.15, -0.1) is 0 Å². The van der Waals surface area contributed by atoms with E-state index in [0.29, 0.717) is 13.0 Å². The van der Waals surface area contributed by atoms with Gasteiger partial charge in [-0.1, -0.05) is 0 Å². The van der Waals surface area contributed by atoms with Gasteiger partial charge in [0.25, 0.3) is 0 Å². The van der Waals surface area contributed by atoms with E-state index in [0.717, 1.165) is 12.8 Å². The molecule has 0 aromatic heterocycles. The molecule has 0 aliphatic carbocycles. The Balaban J connectivity index is 1.85. The molecule has 2 aliphatic rings. The van der Waals surface area contributed by atoms with Gasteiger partial charge in [0.15, 0.2) is 0 Å². The molecule has 2 heterocycles. The summed E-state index contributed by atoms with van der Waals surface area (Å²) in [6, 6.07) is -0.577. The van der Waals surface area contributed by atoms with Crippen LogP contribution in [0.1, 0.15) is 39.5 Å². The van der Waals surface area contributed by atoms with Crippen LogP contribution in [-0.2, 0) is 4.74 Å². The van der Waals surface area contributed by atoms with Crippen molar-refractivity contribution < 1.29 is 22.7 Å². The van der Waals surface area contributed by atoms with Crippen LogP contribution in [0.25, 0.3) is 0 Å². The third kappa shape index (κ3) is 4.25. The Hall–Kier alpha value is -0.980. The number of piperidine rings is 1. The minimum Gasteiger partial charge on any atom is -0.373 e. The van der Waals surface area contributed by atoms with Gasteiger partial charge >= 0.3 is 12.2 Å². The number of urea groups is 1. The van der Waals surface area contributed by atoms with E-state index >= 15 is 0 Å². The van der Waals surface area contributed by atoms with Crippen molar-refractivity contribution in [2.75, 3.05) is 13.1 Å². The van der Waals surface area contributed by atoms with Crippen LogP contribution in [0.5, 0.6) is 0 Å². The smallest absolute Gasteiger partial charge is 0.373 e. The van der Waals surface area contributed by atoms with Gasteiger partial charge in [0, 0.05) is 19.1 Å². The number of rotatable bonds is 2. The highest BCUT2D eigenvalue weighted by Crippen LogP contribution is 2.35. The van der Waals surface area contributed by atoms with Crippen molar-refractivity contribution in [2.45, 2.75) is 64.0 Å². The highest BCUT2D eigenvalue weighted by atomic mass is 19.4. The number of carbonyl (C=O) groups is 1. The highest BCUT2D eigenvalue weighted by molar-refractivity contribution is 5.74. The van der Waals surface area contributed by atoms with Gasteiger partial charge in [-0.05, 0) is 39.5 Å². The standard InChI is InChI=1S/C14H23F3N2O2/c1-9-3-5-11(14(15,16)17)8-19(9)13(20)18-7-12-6-4-10(2)21-12/h9-12H,3-8H2,1-2H3,(H,18,20). The molecule has 2 aliphatic heterocycles. The quantitative estimate of drug-likeness (QED) is 0.852. The van der Waals surface area contributed by atoms with Gasteiger partial charge in [0.2, 0.25) is 0 Å². The van der Waals surface area contributed by atoms with E-state index in [4.69, 9.17) is 4.74 Å². The minimum atomic E-state index is -4.23. The fourth-order valence-electron chi connectivity index (χ4n) is 3.00. The van der Waals surface area contributed by atoms with Crippen molar-refractivity contribution in [3.05, 3.63) is 0 Å². The van der Waals surface area contributed by atoms with Gasteiger partial charge in [-0.25, -0.2) is 4.79 Å². The summed E-state index contributed by atoms with van der Waals surface area (Å²) in [4.78, 5) is 13.4. The van der Waals surface area contributed by atoms with Crippen LogP contribution >= 0.6 is 0 Å². The Labute approximate surface area is 123 Å². The monoisotopic (exact) mass is 308 g/mol. The van der Waals surface area contributed by atoms with Crippen molar-refractivity contribution in [3.63, 3.8) is 0 Å². The van der Waals surface area contributed by atoms with Gasteiger partial charge in [0.1, 0.15) is 0 Å². The number of nitrogens with one attached hydrogen (secondary N) is 1. The van der Waals surface area contributed by atoms with Gasteiger partial charge in [-0.3, -0.25) is 0 Å². The van der Waals surface area contributed by atoms with Crippen LogP contribution in [0, 0.1) is 5.92 Å². The zero-order chi connectivity index (χ0) is 15.6. The van der Waals surface area contributed by atoms with Crippen molar-refractivity contribution in [1.82, 2.24) is 10.2 Å². The molecule has 21 heavy (non-hydrogen) atoms. The van der Waals surface area contributed by atoms with E-state index in [1.54, 1.807) is 6.92 Å². The molecule has 0 radical (unpaired) electrons. The summed E-state index contributed by atoms with van der Waals surface area (Å²) in [5.74, 6) is -1.41. The number of hydrogen-bond donors (Lipinski definition) is 1. The van der Waals surface area contributed by atoms with Crippen molar-refractivity contribution in [2.24, 2.45) is 5.92 Å². The SMILES string of the molecule is CC1CCC(CNC(=O)N2CC(C(F)(F)F)CCC2C)O1. The predicted molar refractivity (Wildman–Crippen MR) is 71.9 cm³/mol. The largest absolute Gasteiger partial charge is 0.393 e. The second-order valence-electron chi connectivity index (χ2n) is 6.15. The van der Waals surface area contributed by atoms with Crippen molar-refractivity contribution in [3.8, 4) is 0 Å². The summed E-state index contributed by atoms with van der Waals surface area (Å²) < 4.78 is 44.0. The second-order valence-corrected chi connectivity index (χ2v) is 6.15. The van der Waals surface area contributed by atoms with Crippen LogP contribution < -0.4 is 5.32 Å². The fraction of sp³-hybridized carbons (Fsp3) is 0.929. The molecule has 2 fully saturated rings. The molecule has 4 atom stereocenters. The molecule has 2 amide bonds. The molecular weight excluding hydrogens is 285 g/mol. The molecule has 0 bridgehead atoms.